The van der Waals surface area contributed by atoms with Gasteiger partial charge in [-0.1, -0.05) is 392 Å². The first-order valence-electron chi connectivity index (χ1n) is 42.3. The maximum absolute atomic E-state index is 12.9. The van der Waals surface area contributed by atoms with Crippen LogP contribution >= 0.6 is 7.82 Å². The highest BCUT2D eigenvalue weighted by Crippen LogP contribution is 2.43. The molecule has 100 heavy (non-hydrogen) atoms. The number of carbonyl (C=O) groups excluding carboxylic acids is 2. The first-order chi connectivity index (χ1) is 49.0. The van der Waals surface area contributed by atoms with Crippen LogP contribution in [-0.2, 0) is 32.7 Å². The number of hydrogen-bond donors (Lipinski definition) is 1. The lowest BCUT2D eigenvalue weighted by atomic mass is 10.0. The maximum atomic E-state index is 12.9. The zero-order valence-corrected chi connectivity index (χ0v) is 67.1. The van der Waals surface area contributed by atoms with Crippen molar-refractivity contribution in [3.63, 3.8) is 0 Å². The van der Waals surface area contributed by atoms with E-state index in [1.54, 1.807) is 0 Å². The lowest BCUT2D eigenvalue weighted by molar-refractivity contribution is -0.870. The summed E-state index contributed by atoms with van der Waals surface area (Å²) < 4.78 is 34.9. The minimum Gasteiger partial charge on any atom is -0.462 e. The molecule has 0 amide bonds. The van der Waals surface area contributed by atoms with Crippen LogP contribution < -0.4 is 0 Å². The molecule has 0 radical (unpaired) electrons. The van der Waals surface area contributed by atoms with Crippen molar-refractivity contribution in [3.05, 3.63) is 122 Å². The molecule has 0 aliphatic heterocycles. The van der Waals surface area contributed by atoms with Gasteiger partial charge in [0.15, 0.2) is 6.10 Å². The van der Waals surface area contributed by atoms with Crippen LogP contribution in [0.2, 0.25) is 0 Å². The van der Waals surface area contributed by atoms with Gasteiger partial charge in [0.1, 0.15) is 19.8 Å². The van der Waals surface area contributed by atoms with Crippen molar-refractivity contribution in [3.8, 4) is 0 Å². The van der Waals surface area contributed by atoms with Gasteiger partial charge in [-0.3, -0.25) is 18.6 Å². The Labute approximate surface area is 619 Å². The van der Waals surface area contributed by atoms with Crippen molar-refractivity contribution in [2.24, 2.45) is 0 Å². The van der Waals surface area contributed by atoms with Crippen molar-refractivity contribution in [2.75, 3.05) is 47.5 Å². The number of hydrogen-bond acceptors (Lipinski definition) is 7. The topological polar surface area (TPSA) is 108 Å². The maximum Gasteiger partial charge on any atom is 0.472 e. The number of rotatable bonds is 78. The molecule has 0 rings (SSSR count). The van der Waals surface area contributed by atoms with E-state index >= 15 is 0 Å². The van der Waals surface area contributed by atoms with E-state index in [-0.39, 0.29) is 25.6 Å². The number of ether oxygens (including phenoxy) is 2. The van der Waals surface area contributed by atoms with Gasteiger partial charge in [-0.05, 0) is 103 Å². The monoisotopic (exact) mass is 1420 g/mol. The quantitative estimate of drug-likeness (QED) is 0.0211. The Morgan fingerprint density at radius 3 is 0.800 bits per heavy atom. The van der Waals surface area contributed by atoms with E-state index in [0.717, 1.165) is 96.3 Å². The summed E-state index contributed by atoms with van der Waals surface area (Å²) in [4.78, 5) is 36.0. The molecule has 0 aromatic rings. The third kappa shape index (κ3) is 83.4. The Bertz CT molecular complexity index is 2110. The number of carbonyl (C=O) groups is 2. The minimum absolute atomic E-state index is 0.0311. The van der Waals surface area contributed by atoms with Crippen LogP contribution in [0, 0.1) is 0 Å². The molecule has 0 aromatic heterocycles. The molecule has 0 fully saturated rings. The fourth-order valence-electron chi connectivity index (χ4n) is 12.1. The van der Waals surface area contributed by atoms with Gasteiger partial charge < -0.3 is 18.9 Å². The second-order valence-electron chi connectivity index (χ2n) is 29.5. The Morgan fingerprint density at radius 2 is 0.540 bits per heavy atom. The third-order valence-electron chi connectivity index (χ3n) is 18.5. The summed E-state index contributed by atoms with van der Waals surface area (Å²) in [5.74, 6) is -0.780. The molecule has 0 aliphatic rings. The van der Waals surface area contributed by atoms with Crippen molar-refractivity contribution < 1.29 is 42.1 Å². The summed E-state index contributed by atoms with van der Waals surface area (Å²) in [5, 5.41) is 0. The summed E-state index contributed by atoms with van der Waals surface area (Å²) in [6, 6.07) is 0. The number of nitrogens with zero attached hydrogens (tertiary/aromatic N) is 1. The van der Waals surface area contributed by atoms with Crippen LogP contribution in [0.15, 0.2) is 122 Å². The summed E-state index contributed by atoms with van der Waals surface area (Å²) >= 11 is 0. The number of unbranched alkanes of at least 4 members (excludes halogenated alkanes) is 44. The summed E-state index contributed by atoms with van der Waals surface area (Å²) in [6.07, 6.45) is 115. The number of phosphoric ester groups is 1. The van der Waals surface area contributed by atoms with E-state index in [2.05, 4.69) is 135 Å². The highest BCUT2D eigenvalue weighted by Gasteiger charge is 2.27. The van der Waals surface area contributed by atoms with Gasteiger partial charge >= 0.3 is 19.8 Å². The Morgan fingerprint density at radius 1 is 0.310 bits per heavy atom. The average Bonchev–Trinajstić information content (AvgIpc) is 1.02. The van der Waals surface area contributed by atoms with Crippen LogP contribution in [-0.4, -0.2) is 74.9 Å². The number of esters is 2. The molecule has 2 atom stereocenters. The Balaban J connectivity index is 3.90. The smallest absolute Gasteiger partial charge is 0.462 e. The van der Waals surface area contributed by atoms with Crippen LogP contribution in [0.1, 0.15) is 386 Å². The predicted octanol–water partition coefficient (Wildman–Crippen LogP) is 28.5. The third-order valence-corrected chi connectivity index (χ3v) is 19.5. The van der Waals surface area contributed by atoms with E-state index < -0.39 is 26.5 Å². The fourth-order valence-corrected chi connectivity index (χ4v) is 12.9. The number of phosphoric acid groups is 1. The molecule has 1 N–H and O–H groups in total. The summed E-state index contributed by atoms with van der Waals surface area (Å²) in [7, 11) is 1.49. The number of quaternary nitrogens is 1. The van der Waals surface area contributed by atoms with Crippen LogP contribution in [0.5, 0.6) is 0 Å². The van der Waals surface area contributed by atoms with Crippen molar-refractivity contribution in [2.45, 2.75) is 392 Å². The van der Waals surface area contributed by atoms with E-state index in [1.165, 1.54) is 257 Å². The molecule has 10 heteroatoms. The first kappa shape index (κ1) is 96.4. The molecule has 2 unspecified atom stereocenters. The van der Waals surface area contributed by atoms with Gasteiger partial charge in [0, 0.05) is 12.8 Å². The summed E-state index contributed by atoms with van der Waals surface area (Å²) in [5.41, 5.74) is 0. The van der Waals surface area contributed by atoms with E-state index in [4.69, 9.17) is 18.5 Å². The number of allylic oxidation sites excluding steroid dienone is 20. The normalized spacial score (nSPS) is 13.6. The summed E-state index contributed by atoms with van der Waals surface area (Å²) in [6.45, 7) is 4.26. The lowest BCUT2D eigenvalue weighted by Crippen LogP contribution is -2.37. The molecular weight excluding hydrogens is 1250 g/mol. The molecule has 0 aromatic carbocycles. The minimum atomic E-state index is -4.40. The standard InChI is InChI=1S/C90H160NO8P/c1-6-8-10-12-14-16-18-20-22-24-26-28-30-32-34-36-38-40-42-44-45-47-48-50-52-54-56-58-60-62-64-66-68-70-72-74-76-78-80-82-89(92)96-86-88(87-98-100(94,95)97-85-84-91(3,4)5)99-90(93)83-81-79-77-75-73-71-69-67-65-63-61-59-57-55-53-51-49-46-43-41-39-37-35-33-31-29-27-25-23-21-19-17-15-13-11-9-7-2/h8-11,14-17,20-23,26-29,33,35,39,41,88H,6-7,12-13,18-19,24-25,30-32,34,36-38,40,42-87H2,1-5H3/p+1/b10-8-,11-9-,16-14-,17-15-,22-20-,23-21-,28-26-,29-27-,35-33-,41-39-. The van der Waals surface area contributed by atoms with Crippen LogP contribution in [0.25, 0.3) is 0 Å². The molecule has 0 aliphatic carbocycles. The van der Waals surface area contributed by atoms with E-state index in [1.807, 2.05) is 21.1 Å². The lowest BCUT2D eigenvalue weighted by Gasteiger charge is -2.24. The van der Waals surface area contributed by atoms with Crippen molar-refractivity contribution in [1.82, 2.24) is 0 Å². The predicted molar refractivity (Wildman–Crippen MR) is 436 cm³/mol. The van der Waals surface area contributed by atoms with Gasteiger partial charge in [-0.2, -0.15) is 0 Å². The fraction of sp³-hybridized carbons (Fsp3) is 0.756. The second kappa shape index (κ2) is 79.5. The highest BCUT2D eigenvalue weighted by molar-refractivity contribution is 7.47. The van der Waals surface area contributed by atoms with Gasteiger partial charge in [0.25, 0.3) is 0 Å². The van der Waals surface area contributed by atoms with Crippen molar-refractivity contribution >= 4 is 19.8 Å². The molecule has 0 saturated carbocycles. The van der Waals surface area contributed by atoms with E-state index in [0.29, 0.717) is 23.9 Å². The van der Waals surface area contributed by atoms with E-state index in [9.17, 15) is 19.0 Å². The molecule has 9 nitrogen and oxygen atoms in total. The Hall–Kier alpha value is -3.59. The molecule has 0 saturated heterocycles. The van der Waals surface area contributed by atoms with Crippen molar-refractivity contribution in [1.29, 1.82) is 0 Å². The molecule has 0 heterocycles. The molecule has 0 bridgehead atoms. The molecule has 578 valence electrons. The van der Waals surface area contributed by atoms with Gasteiger partial charge in [-0.15, -0.1) is 0 Å². The zero-order chi connectivity index (χ0) is 72.5. The van der Waals surface area contributed by atoms with Gasteiger partial charge in [0.2, 0.25) is 0 Å². The molecular formula is C90H161NO8P+. The highest BCUT2D eigenvalue weighted by atomic mass is 31.2. The largest absolute Gasteiger partial charge is 0.472 e. The zero-order valence-electron chi connectivity index (χ0n) is 66.2. The molecule has 0 spiro atoms. The number of likely N-dealkylation sites (N-methyl/N-ethyl adjacent to an activating group) is 1. The van der Waals surface area contributed by atoms with Gasteiger partial charge in [-0.25, -0.2) is 4.57 Å². The second-order valence-corrected chi connectivity index (χ2v) is 30.9. The van der Waals surface area contributed by atoms with Gasteiger partial charge in [0.05, 0.1) is 27.7 Å². The first-order valence-corrected chi connectivity index (χ1v) is 43.8. The van der Waals surface area contributed by atoms with Crippen LogP contribution in [0.4, 0.5) is 0 Å². The SMILES string of the molecule is CC/C=C\C/C=C\C/C=C\C/C=C\C/C=C\C/C=C\CCCCCCCCCCCCCCCCCCCCC(=O)OC(COC(=O)CCCCCCCCCCCCCCCCCCCCCCCCCCCC/C=C\C/C=C\C/C=C\C/C=C\CC)COP(=O)(O)OCC[N+](C)(C)C. The van der Waals surface area contributed by atoms with Crippen LogP contribution in [0.3, 0.4) is 0 Å². The average molecular weight is 1420 g/mol. The Kier molecular flexibility index (Phi) is 76.7.